The molecule has 0 amide bonds. The Bertz CT molecular complexity index is 465. The van der Waals surface area contributed by atoms with E-state index in [4.69, 9.17) is 0 Å². The molecule has 1 heterocycles. The molecule has 1 aromatic heterocycles. The molecular weight excluding hydrogens is 372 g/mol. The topological polar surface area (TPSA) is 34.0 Å². The van der Waals surface area contributed by atoms with Crippen LogP contribution in [0.4, 0.5) is 0 Å². The molecule has 1 aliphatic rings. The molecule has 1 fully saturated rings. The SMILES string of the molecule is O=c1c(Br)cc(Br)cn1CCNC1CCCCCC1. The van der Waals surface area contributed by atoms with Crippen LogP contribution in [0, 0.1) is 0 Å². The summed E-state index contributed by atoms with van der Waals surface area (Å²) in [5, 5.41) is 3.59. The number of hydrogen-bond donors (Lipinski definition) is 1. The molecular formula is C14H20Br2N2O. The average Bonchev–Trinajstić information content (AvgIpc) is 2.64. The van der Waals surface area contributed by atoms with Gasteiger partial charge in [-0.2, -0.15) is 0 Å². The molecule has 106 valence electrons. The van der Waals surface area contributed by atoms with Gasteiger partial charge < -0.3 is 9.88 Å². The quantitative estimate of drug-likeness (QED) is 0.794. The van der Waals surface area contributed by atoms with E-state index in [2.05, 4.69) is 37.2 Å². The third kappa shape index (κ3) is 4.72. The van der Waals surface area contributed by atoms with Gasteiger partial charge in [0.2, 0.25) is 0 Å². The molecule has 1 aromatic rings. The van der Waals surface area contributed by atoms with Gasteiger partial charge in [-0.3, -0.25) is 4.79 Å². The van der Waals surface area contributed by atoms with Gasteiger partial charge >= 0.3 is 0 Å². The first-order valence-electron chi connectivity index (χ1n) is 6.95. The Morgan fingerprint density at radius 3 is 2.58 bits per heavy atom. The van der Waals surface area contributed by atoms with E-state index in [1.165, 1.54) is 38.5 Å². The summed E-state index contributed by atoms with van der Waals surface area (Å²) in [5.74, 6) is 0. The van der Waals surface area contributed by atoms with Crippen LogP contribution in [0.25, 0.3) is 0 Å². The van der Waals surface area contributed by atoms with Crippen LogP contribution in [0.1, 0.15) is 38.5 Å². The third-order valence-electron chi connectivity index (χ3n) is 3.65. The van der Waals surface area contributed by atoms with E-state index in [0.717, 1.165) is 11.0 Å². The molecule has 0 aromatic carbocycles. The van der Waals surface area contributed by atoms with Crippen LogP contribution < -0.4 is 10.9 Å². The molecule has 0 bridgehead atoms. The Morgan fingerprint density at radius 1 is 1.21 bits per heavy atom. The standard InChI is InChI=1S/C14H20Br2N2O/c15-11-9-13(16)14(19)18(10-11)8-7-17-12-5-3-1-2-4-6-12/h9-10,12,17H,1-8H2. The van der Waals surface area contributed by atoms with Crippen molar-refractivity contribution in [3.8, 4) is 0 Å². The molecule has 3 nitrogen and oxygen atoms in total. The molecule has 19 heavy (non-hydrogen) atoms. The summed E-state index contributed by atoms with van der Waals surface area (Å²) >= 11 is 6.71. The van der Waals surface area contributed by atoms with E-state index in [1.807, 2.05) is 6.20 Å². The van der Waals surface area contributed by atoms with Crippen LogP contribution >= 0.6 is 31.9 Å². The molecule has 2 rings (SSSR count). The number of nitrogens with zero attached hydrogens (tertiary/aromatic N) is 1. The highest BCUT2D eigenvalue weighted by Gasteiger charge is 2.11. The van der Waals surface area contributed by atoms with Crippen molar-refractivity contribution >= 4 is 31.9 Å². The largest absolute Gasteiger partial charge is 0.312 e. The van der Waals surface area contributed by atoms with Gasteiger partial charge in [-0.1, -0.05) is 25.7 Å². The van der Waals surface area contributed by atoms with Gasteiger partial charge in [-0.25, -0.2) is 0 Å². The summed E-state index contributed by atoms with van der Waals surface area (Å²) in [5.41, 5.74) is 0.0332. The lowest BCUT2D eigenvalue weighted by atomic mass is 10.1. The fourth-order valence-corrected chi connectivity index (χ4v) is 3.86. The van der Waals surface area contributed by atoms with Crippen molar-refractivity contribution < 1.29 is 0 Å². The molecule has 1 N–H and O–H groups in total. The monoisotopic (exact) mass is 390 g/mol. The fraction of sp³-hybridized carbons (Fsp3) is 0.643. The Balaban J connectivity index is 1.87. The van der Waals surface area contributed by atoms with Crippen LogP contribution in [0.15, 0.2) is 26.0 Å². The molecule has 5 heteroatoms. The lowest BCUT2D eigenvalue weighted by molar-refractivity contribution is 0.442. The van der Waals surface area contributed by atoms with Gasteiger partial charge in [0.15, 0.2) is 0 Å². The summed E-state index contributed by atoms with van der Waals surface area (Å²) in [6, 6.07) is 2.42. The van der Waals surface area contributed by atoms with Crippen molar-refractivity contribution in [2.75, 3.05) is 6.54 Å². The molecule has 1 aliphatic carbocycles. The second-order valence-corrected chi connectivity index (χ2v) is 6.92. The zero-order chi connectivity index (χ0) is 13.7. The van der Waals surface area contributed by atoms with E-state index in [0.29, 0.717) is 17.1 Å². The molecule has 0 spiro atoms. The number of aromatic nitrogens is 1. The van der Waals surface area contributed by atoms with Crippen LogP contribution in [0.3, 0.4) is 0 Å². The molecule has 0 unspecified atom stereocenters. The maximum Gasteiger partial charge on any atom is 0.264 e. The second kappa shape index (κ2) is 7.60. The lowest BCUT2D eigenvalue weighted by Crippen LogP contribution is -2.33. The van der Waals surface area contributed by atoms with Gasteiger partial charge in [0.25, 0.3) is 5.56 Å². The minimum absolute atomic E-state index is 0.0332. The predicted octanol–water partition coefficient (Wildman–Crippen LogP) is 3.69. The van der Waals surface area contributed by atoms with E-state index in [1.54, 1.807) is 10.6 Å². The van der Waals surface area contributed by atoms with Crippen molar-refractivity contribution in [2.45, 2.75) is 51.1 Å². The van der Waals surface area contributed by atoms with Crippen LogP contribution in [0.5, 0.6) is 0 Å². The van der Waals surface area contributed by atoms with Gasteiger partial charge in [-0.15, -0.1) is 0 Å². The van der Waals surface area contributed by atoms with Crippen molar-refractivity contribution in [2.24, 2.45) is 0 Å². The van der Waals surface area contributed by atoms with Crippen LogP contribution in [-0.4, -0.2) is 17.2 Å². The van der Waals surface area contributed by atoms with Gasteiger partial charge in [0.1, 0.15) is 0 Å². The number of pyridine rings is 1. The maximum absolute atomic E-state index is 11.9. The van der Waals surface area contributed by atoms with Crippen molar-refractivity contribution in [3.05, 3.63) is 31.6 Å². The Morgan fingerprint density at radius 2 is 1.89 bits per heavy atom. The Hall–Kier alpha value is -0.130. The number of nitrogens with one attached hydrogen (secondary N) is 1. The van der Waals surface area contributed by atoms with Crippen molar-refractivity contribution in [1.82, 2.24) is 9.88 Å². The zero-order valence-electron chi connectivity index (χ0n) is 11.0. The van der Waals surface area contributed by atoms with E-state index in [9.17, 15) is 4.79 Å². The number of rotatable bonds is 4. The predicted molar refractivity (Wildman–Crippen MR) is 85.6 cm³/mol. The molecule has 0 aliphatic heterocycles. The van der Waals surface area contributed by atoms with E-state index in [-0.39, 0.29) is 5.56 Å². The van der Waals surface area contributed by atoms with Crippen LogP contribution in [0.2, 0.25) is 0 Å². The molecule has 1 saturated carbocycles. The summed E-state index contributed by atoms with van der Waals surface area (Å²) < 4.78 is 3.28. The highest BCUT2D eigenvalue weighted by Crippen LogP contribution is 2.17. The van der Waals surface area contributed by atoms with Gasteiger partial charge in [0.05, 0.1) is 4.47 Å². The number of halogens is 2. The zero-order valence-corrected chi connectivity index (χ0v) is 14.2. The molecule has 0 atom stereocenters. The average molecular weight is 392 g/mol. The highest BCUT2D eigenvalue weighted by atomic mass is 79.9. The fourth-order valence-electron chi connectivity index (χ4n) is 2.60. The van der Waals surface area contributed by atoms with Gasteiger partial charge in [-0.05, 0) is 50.8 Å². The third-order valence-corrected chi connectivity index (χ3v) is 4.65. The minimum Gasteiger partial charge on any atom is -0.312 e. The summed E-state index contributed by atoms with van der Waals surface area (Å²) in [7, 11) is 0. The van der Waals surface area contributed by atoms with E-state index >= 15 is 0 Å². The van der Waals surface area contributed by atoms with Crippen molar-refractivity contribution in [3.63, 3.8) is 0 Å². The first-order valence-corrected chi connectivity index (χ1v) is 8.54. The Kier molecular flexibility index (Phi) is 6.10. The summed E-state index contributed by atoms with van der Waals surface area (Å²) in [6.07, 6.45) is 9.81. The molecule has 0 saturated heterocycles. The molecule has 0 radical (unpaired) electrons. The summed E-state index contributed by atoms with van der Waals surface area (Å²) in [4.78, 5) is 11.9. The number of hydrogen-bond acceptors (Lipinski definition) is 2. The first kappa shape index (κ1) is 15.3. The summed E-state index contributed by atoms with van der Waals surface area (Å²) in [6.45, 7) is 1.57. The first-order chi connectivity index (χ1) is 9.16. The smallest absolute Gasteiger partial charge is 0.264 e. The normalized spacial score (nSPS) is 17.4. The minimum atomic E-state index is 0.0332. The van der Waals surface area contributed by atoms with Crippen molar-refractivity contribution in [1.29, 1.82) is 0 Å². The van der Waals surface area contributed by atoms with Gasteiger partial charge in [0, 0.05) is 29.8 Å². The van der Waals surface area contributed by atoms with Crippen LogP contribution in [-0.2, 0) is 6.54 Å². The Labute approximate surface area is 131 Å². The second-order valence-electron chi connectivity index (χ2n) is 5.15. The maximum atomic E-state index is 11.9. The highest BCUT2D eigenvalue weighted by molar-refractivity contribution is 9.11. The van der Waals surface area contributed by atoms with E-state index < -0.39 is 0 Å². The lowest BCUT2D eigenvalue weighted by Gasteiger charge is -2.16.